The number of hydrogen-bond acceptors (Lipinski definition) is 5. The zero-order valence-corrected chi connectivity index (χ0v) is 14.1. The summed E-state index contributed by atoms with van der Waals surface area (Å²) in [6.07, 6.45) is 1.47. The minimum Gasteiger partial charge on any atom is -0.497 e. The van der Waals surface area contributed by atoms with Gasteiger partial charge in [-0.2, -0.15) is 5.10 Å². The van der Waals surface area contributed by atoms with Gasteiger partial charge in [0.15, 0.2) is 0 Å². The summed E-state index contributed by atoms with van der Waals surface area (Å²) in [5, 5.41) is 14.8. The van der Waals surface area contributed by atoms with Crippen LogP contribution in [0.5, 0.6) is 5.75 Å². The van der Waals surface area contributed by atoms with Gasteiger partial charge in [-0.3, -0.25) is 14.9 Å². The highest BCUT2D eigenvalue weighted by Crippen LogP contribution is 2.14. The number of nitrogens with zero attached hydrogens (tertiary/aromatic N) is 2. The maximum atomic E-state index is 12.0. The Kier molecular flexibility index (Phi) is 6.22. The molecule has 7 heteroatoms. The lowest BCUT2D eigenvalue weighted by Gasteiger charge is -2.05. The van der Waals surface area contributed by atoms with Crippen LogP contribution in [0.2, 0.25) is 0 Å². The third kappa shape index (κ3) is 5.42. The summed E-state index contributed by atoms with van der Waals surface area (Å²) in [6, 6.07) is 13.3. The summed E-state index contributed by atoms with van der Waals surface area (Å²) in [6.45, 7) is 1.82. The number of ether oxygens (including phenoxy) is 1. The van der Waals surface area contributed by atoms with E-state index < -0.39 is 10.8 Å². The van der Waals surface area contributed by atoms with E-state index in [2.05, 4.69) is 10.5 Å². The molecule has 0 unspecified atom stereocenters. The second-order valence-electron chi connectivity index (χ2n) is 5.44. The summed E-state index contributed by atoms with van der Waals surface area (Å²) >= 11 is 0. The fourth-order valence-corrected chi connectivity index (χ4v) is 2.14. The molecule has 1 amide bonds. The molecule has 0 bridgehead atoms. The van der Waals surface area contributed by atoms with Crippen molar-refractivity contribution >= 4 is 17.3 Å². The Hall–Kier alpha value is -3.22. The Bertz CT molecular complexity index is 785. The molecule has 0 aliphatic heterocycles. The first-order valence-electron chi connectivity index (χ1n) is 7.70. The summed E-state index contributed by atoms with van der Waals surface area (Å²) in [4.78, 5) is 22.2. The molecule has 2 aromatic carbocycles. The molecule has 0 heterocycles. The molecular formula is C18H19N3O4. The number of amides is 1. The SMILES string of the molecule is COc1ccc(CC/C(C)=N\NC(=O)c2cccc([N+](=O)[O-])c2)cc1. The smallest absolute Gasteiger partial charge is 0.271 e. The van der Waals surface area contributed by atoms with E-state index in [4.69, 9.17) is 4.74 Å². The van der Waals surface area contributed by atoms with Gasteiger partial charge in [0.05, 0.1) is 12.0 Å². The zero-order chi connectivity index (χ0) is 18.2. The van der Waals surface area contributed by atoms with Crippen LogP contribution in [0.4, 0.5) is 5.69 Å². The minimum atomic E-state index is -0.542. The van der Waals surface area contributed by atoms with Gasteiger partial charge in [0.2, 0.25) is 0 Å². The van der Waals surface area contributed by atoms with E-state index in [-0.39, 0.29) is 11.3 Å². The number of nitrogens with one attached hydrogen (secondary N) is 1. The standard InChI is InChI=1S/C18H19N3O4/c1-13(6-7-14-8-10-17(25-2)11-9-14)19-20-18(22)15-4-3-5-16(12-15)21(23)24/h3-5,8-12H,6-7H2,1-2H3,(H,20,22)/b19-13-. The third-order valence-corrected chi connectivity index (χ3v) is 3.60. The van der Waals surface area contributed by atoms with Crippen LogP contribution in [0.25, 0.3) is 0 Å². The quantitative estimate of drug-likeness (QED) is 0.475. The molecule has 7 nitrogen and oxygen atoms in total. The van der Waals surface area contributed by atoms with Crippen molar-refractivity contribution in [1.29, 1.82) is 0 Å². The fraction of sp³-hybridized carbons (Fsp3) is 0.222. The minimum absolute atomic E-state index is 0.132. The van der Waals surface area contributed by atoms with Crippen LogP contribution in [-0.2, 0) is 6.42 Å². The van der Waals surface area contributed by atoms with E-state index in [1.165, 1.54) is 24.3 Å². The Morgan fingerprint density at radius 2 is 1.96 bits per heavy atom. The maximum Gasteiger partial charge on any atom is 0.271 e. The van der Waals surface area contributed by atoms with Gasteiger partial charge in [0.1, 0.15) is 5.75 Å². The Labute approximate surface area is 145 Å². The summed E-state index contributed by atoms with van der Waals surface area (Å²) < 4.78 is 5.11. The first-order chi connectivity index (χ1) is 12.0. The van der Waals surface area contributed by atoms with Gasteiger partial charge in [-0.05, 0) is 43.5 Å². The average molecular weight is 341 g/mol. The van der Waals surface area contributed by atoms with Crippen molar-refractivity contribution in [3.8, 4) is 5.75 Å². The first-order valence-corrected chi connectivity index (χ1v) is 7.70. The molecule has 0 aromatic heterocycles. The Morgan fingerprint density at radius 3 is 2.60 bits per heavy atom. The topological polar surface area (TPSA) is 93.8 Å². The van der Waals surface area contributed by atoms with Crippen molar-refractivity contribution in [3.05, 3.63) is 69.8 Å². The molecule has 0 radical (unpaired) electrons. The number of carbonyl (C=O) groups is 1. The number of rotatable bonds is 7. The molecule has 25 heavy (non-hydrogen) atoms. The highest BCUT2D eigenvalue weighted by molar-refractivity contribution is 5.95. The van der Waals surface area contributed by atoms with Crippen LogP contribution < -0.4 is 10.2 Å². The lowest BCUT2D eigenvalue weighted by atomic mass is 10.1. The number of hydrogen-bond donors (Lipinski definition) is 1. The first kappa shape index (κ1) is 18.1. The van der Waals surface area contributed by atoms with Crippen molar-refractivity contribution in [2.24, 2.45) is 5.10 Å². The molecule has 1 N–H and O–H groups in total. The molecule has 2 aromatic rings. The highest BCUT2D eigenvalue weighted by atomic mass is 16.6. The van der Waals surface area contributed by atoms with E-state index >= 15 is 0 Å². The second kappa shape index (κ2) is 8.58. The molecule has 0 aliphatic rings. The second-order valence-corrected chi connectivity index (χ2v) is 5.44. The number of aryl methyl sites for hydroxylation is 1. The number of non-ortho nitro benzene ring substituents is 1. The highest BCUT2D eigenvalue weighted by Gasteiger charge is 2.10. The summed E-state index contributed by atoms with van der Waals surface area (Å²) in [7, 11) is 1.62. The van der Waals surface area contributed by atoms with Crippen molar-refractivity contribution in [3.63, 3.8) is 0 Å². The molecule has 0 saturated heterocycles. The van der Waals surface area contributed by atoms with Gasteiger partial charge in [0.25, 0.3) is 11.6 Å². The number of methoxy groups -OCH3 is 1. The van der Waals surface area contributed by atoms with Gasteiger partial charge in [0, 0.05) is 23.4 Å². The zero-order valence-electron chi connectivity index (χ0n) is 14.1. The van der Waals surface area contributed by atoms with Crippen molar-refractivity contribution < 1.29 is 14.5 Å². The van der Waals surface area contributed by atoms with E-state index in [0.717, 1.165) is 23.4 Å². The normalized spacial score (nSPS) is 11.0. The molecule has 130 valence electrons. The molecule has 0 spiro atoms. The van der Waals surface area contributed by atoms with E-state index in [1.807, 2.05) is 31.2 Å². The predicted molar refractivity (Wildman–Crippen MR) is 95.0 cm³/mol. The van der Waals surface area contributed by atoms with E-state index in [0.29, 0.717) is 6.42 Å². The molecule has 0 atom stereocenters. The van der Waals surface area contributed by atoms with Crippen LogP contribution in [0.1, 0.15) is 29.3 Å². The third-order valence-electron chi connectivity index (χ3n) is 3.60. The van der Waals surface area contributed by atoms with Gasteiger partial charge in [-0.15, -0.1) is 0 Å². The number of nitro groups is 1. The number of hydrazone groups is 1. The molecule has 0 fully saturated rings. The van der Waals surface area contributed by atoms with E-state index in [1.54, 1.807) is 7.11 Å². The monoisotopic (exact) mass is 341 g/mol. The van der Waals surface area contributed by atoms with E-state index in [9.17, 15) is 14.9 Å². The van der Waals surface area contributed by atoms with Crippen LogP contribution >= 0.6 is 0 Å². The van der Waals surface area contributed by atoms with Crippen LogP contribution in [-0.4, -0.2) is 23.7 Å². The van der Waals surface area contributed by atoms with Crippen LogP contribution in [0, 0.1) is 10.1 Å². The van der Waals surface area contributed by atoms with Crippen LogP contribution in [0.3, 0.4) is 0 Å². The molecule has 2 rings (SSSR count). The van der Waals surface area contributed by atoms with Crippen molar-refractivity contribution in [2.75, 3.05) is 7.11 Å². The Balaban J connectivity index is 1.90. The summed E-state index contributed by atoms with van der Waals surface area (Å²) in [5.41, 5.74) is 4.39. The molecule has 0 aliphatic carbocycles. The largest absolute Gasteiger partial charge is 0.497 e. The lowest BCUT2D eigenvalue weighted by Crippen LogP contribution is -2.19. The summed E-state index contributed by atoms with van der Waals surface area (Å²) in [5.74, 6) is 0.325. The maximum absolute atomic E-state index is 12.0. The number of carbonyl (C=O) groups excluding carboxylic acids is 1. The number of nitro benzene ring substituents is 1. The lowest BCUT2D eigenvalue weighted by molar-refractivity contribution is -0.384. The number of benzene rings is 2. The molecular weight excluding hydrogens is 322 g/mol. The van der Waals surface area contributed by atoms with Crippen molar-refractivity contribution in [1.82, 2.24) is 5.43 Å². The van der Waals surface area contributed by atoms with Crippen LogP contribution in [0.15, 0.2) is 53.6 Å². The average Bonchev–Trinajstić information content (AvgIpc) is 2.64. The molecule has 0 saturated carbocycles. The fourth-order valence-electron chi connectivity index (χ4n) is 2.14. The van der Waals surface area contributed by atoms with Gasteiger partial charge >= 0.3 is 0 Å². The van der Waals surface area contributed by atoms with Gasteiger partial charge < -0.3 is 4.74 Å². The Morgan fingerprint density at radius 1 is 1.24 bits per heavy atom. The van der Waals surface area contributed by atoms with Crippen molar-refractivity contribution in [2.45, 2.75) is 19.8 Å². The van der Waals surface area contributed by atoms with Gasteiger partial charge in [-0.25, -0.2) is 5.43 Å². The van der Waals surface area contributed by atoms with Gasteiger partial charge in [-0.1, -0.05) is 18.2 Å². The predicted octanol–water partition coefficient (Wildman–Crippen LogP) is 3.34.